The third-order valence-corrected chi connectivity index (χ3v) is 4.24. The van der Waals surface area contributed by atoms with Gasteiger partial charge in [-0.05, 0) is 30.2 Å². The minimum Gasteiger partial charge on any atom is -0.395 e. The monoisotopic (exact) mass is 362 g/mol. The predicted molar refractivity (Wildman–Crippen MR) is 97.9 cm³/mol. The molecule has 6 nitrogen and oxygen atoms in total. The highest BCUT2D eigenvalue weighted by Crippen LogP contribution is 2.20. The molecule has 2 aromatic rings. The summed E-state index contributed by atoms with van der Waals surface area (Å²) in [5, 5.41) is 9.28. The number of amides is 1. The van der Waals surface area contributed by atoms with Crippen LogP contribution in [0.2, 0.25) is 0 Å². The summed E-state index contributed by atoms with van der Waals surface area (Å²) in [4.78, 5) is 14.3. The number of carbonyl (C=O) groups excluding carboxylic acids is 1. The van der Waals surface area contributed by atoms with Crippen LogP contribution in [0.25, 0.3) is 0 Å². The zero-order valence-corrected chi connectivity index (χ0v) is 15.1. The Kier molecular flexibility index (Phi) is 6.17. The first-order chi connectivity index (χ1) is 11.8. The maximum absolute atomic E-state index is 12.8. The van der Waals surface area contributed by atoms with Gasteiger partial charge in [0.25, 0.3) is 5.91 Å². The number of hydrogen-bond acceptors (Lipinski definition) is 4. The van der Waals surface area contributed by atoms with Crippen LogP contribution in [-0.2, 0) is 16.6 Å². The van der Waals surface area contributed by atoms with Gasteiger partial charge in [-0.3, -0.25) is 9.52 Å². The Morgan fingerprint density at radius 3 is 2.44 bits per heavy atom. The quantitative estimate of drug-likeness (QED) is 0.789. The zero-order valence-electron chi connectivity index (χ0n) is 14.3. The molecule has 2 rings (SSSR count). The molecule has 0 aliphatic carbocycles. The molecule has 7 heteroatoms. The molecular formula is C18H22N2O4S. The Morgan fingerprint density at radius 2 is 1.84 bits per heavy atom. The smallest absolute Gasteiger partial charge is 0.254 e. The highest BCUT2D eigenvalue weighted by molar-refractivity contribution is 7.92. The van der Waals surface area contributed by atoms with Crippen molar-refractivity contribution in [1.29, 1.82) is 0 Å². The second kappa shape index (κ2) is 8.13. The molecule has 0 aliphatic rings. The van der Waals surface area contributed by atoms with E-state index in [1.165, 1.54) is 11.0 Å². The summed E-state index contributed by atoms with van der Waals surface area (Å²) in [7, 11) is -3.44. The summed E-state index contributed by atoms with van der Waals surface area (Å²) in [5.41, 5.74) is 2.41. The molecule has 0 heterocycles. The first kappa shape index (κ1) is 19.0. The number of nitrogens with zero attached hydrogens (tertiary/aromatic N) is 1. The molecule has 0 aliphatic heterocycles. The van der Waals surface area contributed by atoms with E-state index in [1.807, 2.05) is 30.3 Å². The van der Waals surface area contributed by atoms with Crippen molar-refractivity contribution in [1.82, 2.24) is 4.90 Å². The van der Waals surface area contributed by atoms with Crippen molar-refractivity contribution in [3.05, 3.63) is 65.2 Å². The van der Waals surface area contributed by atoms with Crippen LogP contribution in [-0.4, -0.2) is 43.7 Å². The minimum atomic E-state index is -3.44. The van der Waals surface area contributed by atoms with E-state index in [0.717, 1.165) is 17.4 Å². The van der Waals surface area contributed by atoms with Crippen molar-refractivity contribution in [3.8, 4) is 0 Å². The number of nitrogens with one attached hydrogen (secondary N) is 1. The molecule has 2 aromatic carbocycles. The van der Waals surface area contributed by atoms with Gasteiger partial charge >= 0.3 is 0 Å². The first-order valence-corrected chi connectivity index (χ1v) is 9.72. The van der Waals surface area contributed by atoms with Crippen LogP contribution < -0.4 is 4.72 Å². The average molecular weight is 362 g/mol. The van der Waals surface area contributed by atoms with Gasteiger partial charge in [0.05, 0.1) is 18.6 Å². The van der Waals surface area contributed by atoms with Crippen molar-refractivity contribution < 1.29 is 18.3 Å². The summed E-state index contributed by atoms with van der Waals surface area (Å²) in [6.07, 6.45) is 1.06. The molecule has 0 fully saturated rings. The second-order valence-corrected chi connectivity index (χ2v) is 7.59. The molecule has 0 radical (unpaired) electrons. The highest BCUT2D eigenvalue weighted by atomic mass is 32.2. The third-order valence-electron chi connectivity index (χ3n) is 3.65. The Bertz CT molecular complexity index is 835. The van der Waals surface area contributed by atoms with E-state index in [2.05, 4.69) is 4.72 Å². The van der Waals surface area contributed by atoms with Crippen LogP contribution in [0.1, 0.15) is 21.5 Å². The van der Waals surface area contributed by atoms with E-state index in [0.29, 0.717) is 17.8 Å². The van der Waals surface area contributed by atoms with Crippen molar-refractivity contribution in [2.24, 2.45) is 0 Å². The summed E-state index contributed by atoms with van der Waals surface area (Å²) in [6.45, 7) is 2.16. The van der Waals surface area contributed by atoms with Crippen molar-refractivity contribution in [2.75, 3.05) is 24.1 Å². The number of anilines is 1. The fraction of sp³-hybridized carbons (Fsp3) is 0.278. The number of aryl methyl sites for hydroxylation is 1. The van der Waals surface area contributed by atoms with Crippen LogP contribution in [0.3, 0.4) is 0 Å². The fourth-order valence-corrected chi connectivity index (χ4v) is 3.04. The van der Waals surface area contributed by atoms with Gasteiger partial charge in [-0.2, -0.15) is 0 Å². The van der Waals surface area contributed by atoms with Gasteiger partial charge in [-0.15, -0.1) is 0 Å². The van der Waals surface area contributed by atoms with E-state index < -0.39 is 10.0 Å². The highest BCUT2D eigenvalue weighted by Gasteiger charge is 2.17. The number of hydrogen-bond donors (Lipinski definition) is 2. The number of aliphatic hydroxyl groups excluding tert-OH is 1. The number of carbonyl (C=O) groups is 1. The minimum absolute atomic E-state index is 0.154. The lowest BCUT2D eigenvalue weighted by atomic mass is 10.1. The maximum Gasteiger partial charge on any atom is 0.254 e. The van der Waals surface area contributed by atoms with Gasteiger partial charge in [0.15, 0.2) is 0 Å². The zero-order chi connectivity index (χ0) is 18.4. The maximum atomic E-state index is 12.8. The molecule has 0 aromatic heterocycles. The van der Waals surface area contributed by atoms with Crippen molar-refractivity contribution in [2.45, 2.75) is 13.5 Å². The molecule has 0 spiro atoms. The van der Waals surface area contributed by atoms with Crippen molar-refractivity contribution in [3.63, 3.8) is 0 Å². The van der Waals surface area contributed by atoms with Crippen LogP contribution in [0.15, 0.2) is 48.5 Å². The molecule has 25 heavy (non-hydrogen) atoms. The van der Waals surface area contributed by atoms with Crippen LogP contribution in [0, 0.1) is 6.92 Å². The van der Waals surface area contributed by atoms with Gasteiger partial charge in [-0.25, -0.2) is 8.42 Å². The lowest BCUT2D eigenvalue weighted by molar-refractivity contribution is 0.0708. The largest absolute Gasteiger partial charge is 0.395 e. The first-order valence-electron chi connectivity index (χ1n) is 7.82. The fourth-order valence-electron chi connectivity index (χ4n) is 2.42. The predicted octanol–water partition coefficient (Wildman–Crippen LogP) is 2.00. The van der Waals surface area contributed by atoms with Crippen LogP contribution in [0.5, 0.6) is 0 Å². The van der Waals surface area contributed by atoms with E-state index in [-0.39, 0.29) is 19.1 Å². The van der Waals surface area contributed by atoms with E-state index in [1.54, 1.807) is 19.1 Å². The molecule has 2 N–H and O–H groups in total. The Morgan fingerprint density at radius 1 is 1.16 bits per heavy atom. The molecule has 0 unspecified atom stereocenters. The number of aliphatic hydroxyl groups is 1. The van der Waals surface area contributed by atoms with E-state index in [4.69, 9.17) is 0 Å². The van der Waals surface area contributed by atoms with Gasteiger partial charge < -0.3 is 10.0 Å². The second-order valence-electron chi connectivity index (χ2n) is 5.84. The van der Waals surface area contributed by atoms with Crippen LogP contribution >= 0.6 is 0 Å². The van der Waals surface area contributed by atoms with E-state index >= 15 is 0 Å². The molecule has 134 valence electrons. The summed E-state index contributed by atoms with van der Waals surface area (Å²) in [5.74, 6) is -0.269. The number of sulfonamides is 1. The molecule has 0 bridgehead atoms. The lowest BCUT2D eigenvalue weighted by Gasteiger charge is -2.22. The third kappa shape index (κ3) is 5.58. The Labute approximate surface area is 148 Å². The number of rotatable bonds is 7. The number of benzene rings is 2. The van der Waals surface area contributed by atoms with Crippen LogP contribution in [0.4, 0.5) is 5.69 Å². The van der Waals surface area contributed by atoms with Gasteiger partial charge in [0, 0.05) is 18.7 Å². The standard InChI is InChI=1S/C18H22N2O4S/c1-14-8-9-16(12-17(14)19-25(2,23)24)18(22)20(10-11-21)13-15-6-4-3-5-7-15/h3-9,12,19,21H,10-11,13H2,1-2H3. The molecule has 0 saturated heterocycles. The van der Waals surface area contributed by atoms with Gasteiger partial charge in [0.2, 0.25) is 10.0 Å². The topological polar surface area (TPSA) is 86.7 Å². The molecule has 1 amide bonds. The normalized spacial score (nSPS) is 11.2. The van der Waals surface area contributed by atoms with Gasteiger partial charge in [-0.1, -0.05) is 36.4 Å². The summed E-state index contributed by atoms with van der Waals surface area (Å²) in [6, 6.07) is 14.3. The Hall–Kier alpha value is -2.38. The molecule has 0 atom stereocenters. The Balaban J connectivity index is 2.28. The van der Waals surface area contributed by atoms with E-state index in [9.17, 15) is 18.3 Å². The SMILES string of the molecule is Cc1ccc(C(=O)N(CCO)Cc2ccccc2)cc1NS(C)(=O)=O. The van der Waals surface area contributed by atoms with Crippen molar-refractivity contribution >= 4 is 21.6 Å². The summed E-state index contributed by atoms with van der Waals surface area (Å²) >= 11 is 0. The van der Waals surface area contributed by atoms with Gasteiger partial charge in [0.1, 0.15) is 0 Å². The summed E-state index contributed by atoms with van der Waals surface area (Å²) < 4.78 is 25.4. The molecular weight excluding hydrogens is 340 g/mol. The molecule has 0 saturated carbocycles. The average Bonchev–Trinajstić information content (AvgIpc) is 2.55. The lowest BCUT2D eigenvalue weighted by Crippen LogP contribution is -2.33.